The molecule has 0 spiro atoms. The van der Waals surface area contributed by atoms with Crippen molar-refractivity contribution in [1.29, 1.82) is 0 Å². The molecule has 2 aromatic carbocycles. The zero-order valence-electron chi connectivity index (χ0n) is 17.4. The maximum Gasteiger partial charge on any atom is 0.325 e. The summed E-state index contributed by atoms with van der Waals surface area (Å²) in [5.41, 5.74) is 2.40. The molecule has 2 aliphatic heterocycles. The highest BCUT2D eigenvalue weighted by atomic mass is 16.5. The van der Waals surface area contributed by atoms with Gasteiger partial charge in [0.15, 0.2) is 0 Å². The maximum atomic E-state index is 13.2. The van der Waals surface area contributed by atoms with Crippen LogP contribution in [0, 0.1) is 6.92 Å². The Balaban J connectivity index is 1.61. The maximum absolute atomic E-state index is 13.2. The van der Waals surface area contributed by atoms with Crippen LogP contribution in [-0.2, 0) is 21.5 Å². The predicted octanol–water partition coefficient (Wildman–Crippen LogP) is 2.75. The first kappa shape index (κ1) is 19.9. The van der Waals surface area contributed by atoms with Crippen molar-refractivity contribution < 1.29 is 19.1 Å². The van der Waals surface area contributed by atoms with Crippen molar-refractivity contribution in [1.82, 2.24) is 10.2 Å². The number of nitrogens with zero attached hydrogens (tertiary/aromatic N) is 2. The number of hydrogen-bond acceptors (Lipinski definition) is 4. The van der Waals surface area contributed by atoms with E-state index in [9.17, 15) is 14.4 Å². The molecular formula is C23H25N3O4. The van der Waals surface area contributed by atoms with E-state index >= 15 is 0 Å². The average molecular weight is 407 g/mol. The smallest absolute Gasteiger partial charge is 0.325 e. The first-order valence-electron chi connectivity index (χ1n) is 10.0. The number of fused-ring (bicyclic) bond motifs is 1. The number of ether oxygens (including phenoxy) is 1. The summed E-state index contributed by atoms with van der Waals surface area (Å²) < 4.78 is 5.50. The van der Waals surface area contributed by atoms with Crippen LogP contribution in [0.25, 0.3) is 0 Å². The van der Waals surface area contributed by atoms with E-state index in [-0.39, 0.29) is 12.5 Å². The molecule has 0 aromatic heterocycles. The number of urea groups is 1. The molecule has 1 N–H and O–H groups in total. The Hall–Kier alpha value is -3.35. The van der Waals surface area contributed by atoms with E-state index < -0.39 is 17.5 Å². The number of aryl methyl sites for hydroxylation is 1. The van der Waals surface area contributed by atoms with E-state index in [1.54, 1.807) is 31.1 Å². The van der Waals surface area contributed by atoms with Crippen LogP contribution in [-0.4, -0.2) is 42.9 Å². The molecule has 4 amide bonds. The van der Waals surface area contributed by atoms with E-state index in [1.165, 1.54) is 0 Å². The van der Waals surface area contributed by atoms with E-state index in [4.69, 9.17) is 4.74 Å². The minimum Gasteiger partial charge on any atom is -0.495 e. The number of carbonyl (C=O) groups excluding carboxylic acids is 3. The van der Waals surface area contributed by atoms with Gasteiger partial charge in [0.05, 0.1) is 12.8 Å². The number of methoxy groups -OCH3 is 1. The minimum atomic E-state index is -1.19. The molecule has 1 unspecified atom stereocenters. The predicted molar refractivity (Wildman–Crippen MR) is 112 cm³/mol. The molecule has 0 aliphatic carbocycles. The number of nitrogens with one attached hydrogen (secondary N) is 1. The van der Waals surface area contributed by atoms with Gasteiger partial charge in [-0.1, -0.05) is 36.4 Å². The third-order valence-electron chi connectivity index (χ3n) is 6.00. The van der Waals surface area contributed by atoms with Crippen molar-refractivity contribution in [2.24, 2.45) is 0 Å². The summed E-state index contributed by atoms with van der Waals surface area (Å²) in [6, 6.07) is 12.3. The molecule has 0 radical (unpaired) electrons. The summed E-state index contributed by atoms with van der Waals surface area (Å²) in [6.07, 6.45) is 1.67. The molecule has 7 heteroatoms. The molecule has 2 aromatic rings. The summed E-state index contributed by atoms with van der Waals surface area (Å²) in [5.74, 6) is -0.115. The fraction of sp³-hybridized carbons (Fsp3) is 0.348. The molecule has 2 heterocycles. The lowest BCUT2D eigenvalue weighted by atomic mass is 9.92. The Bertz CT molecular complexity index is 1020. The highest BCUT2D eigenvalue weighted by Crippen LogP contribution is 2.38. The molecule has 30 heavy (non-hydrogen) atoms. The van der Waals surface area contributed by atoms with Crippen molar-refractivity contribution in [3.8, 4) is 5.75 Å². The SMILES string of the molecule is COc1ccc(C)c2c1N(C(=O)CN1C(=O)NC(C)(c3ccccc3)C1=O)CCC2. The number of imide groups is 1. The summed E-state index contributed by atoms with van der Waals surface area (Å²) in [6.45, 7) is 3.87. The first-order chi connectivity index (χ1) is 14.4. The average Bonchev–Trinajstić information content (AvgIpc) is 2.98. The van der Waals surface area contributed by atoms with E-state index in [1.807, 2.05) is 37.3 Å². The van der Waals surface area contributed by atoms with Gasteiger partial charge in [-0.05, 0) is 49.4 Å². The van der Waals surface area contributed by atoms with E-state index in [0.29, 0.717) is 17.9 Å². The Morgan fingerprint density at radius 3 is 2.60 bits per heavy atom. The molecule has 2 aliphatic rings. The summed E-state index contributed by atoms with van der Waals surface area (Å²) >= 11 is 0. The van der Waals surface area contributed by atoms with Gasteiger partial charge in [0, 0.05) is 6.54 Å². The largest absolute Gasteiger partial charge is 0.495 e. The molecule has 156 valence electrons. The Labute approximate surface area is 175 Å². The zero-order chi connectivity index (χ0) is 21.5. The second kappa shape index (κ2) is 7.48. The van der Waals surface area contributed by atoms with Crippen LogP contribution in [0.1, 0.15) is 30.0 Å². The van der Waals surface area contributed by atoms with Crippen molar-refractivity contribution in [2.75, 3.05) is 25.1 Å². The van der Waals surface area contributed by atoms with Gasteiger partial charge in [0.2, 0.25) is 5.91 Å². The summed E-state index contributed by atoms with van der Waals surface area (Å²) in [5, 5.41) is 2.75. The number of amides is 4. The number of hydrogen-bond donors (Lipinski definition) is 1. The van der Waals surface area contributed by atoms with Gasteiger partial charge < -0.3 is 15.0 Å². The fourth-order valence-electron chi connectivity index (χ4n) is 4.30. The lowest BCUT2D eigenvalue weighted by Crippen LogP contribution is -2.46. The third-order valence-corrected chi connectivity index (χ3v) is 6.00. The quantitative estimate of drug-likeness (QED) is 0.791. The first-order valence-corrected chi connectivity index (χ1v) is 10.0. The molecular weight excluding hydrogens is 382 g/mol. The zero-order valence-corrected chi connectivity index (χ0v) is 17.4. The minimum absolute atomic E-state index is 0.305. The van der Waals surface area contributed by atoms with Crippen LogP contribution in [0.15, 0.2) is 42.5 Å². The lowest BCUT2D eigenvalue weighted by molar-refractivity contribution is -0.134. The van der Waals surface area contributed by atoms with E-state index in [0.717, 1.165) is 34.6 Å². The third kappa shape index (κ3) is 3.10. The summed E-state index contributed by atoms with van der Waals surface area (Å²) in [7, 11) is 1.57. The Kier molecular flexibility index (Phi) is 4.97. The number of rotatable bonds is 4. The van der Waals surface area contributed by atoms with Crippen LogP contribution >= 0.6 is 0 Å². The second-order valence-electron chi connectivity index (χ2n) is 7.87. The molecule has 7 nitrogen and oxygen atoms in total. The van der Waals surface area contributed by atoms with Crippen molar-refractivity contribution in [3.63, 3.8) is 0 Å². The topological polar surface area (TPSA) is 79.0 Å². The van der Waals surface area contributed by atoms with Crippen molar-refractivity contribution in [2.45, 2.75) is 32.2 Å². The molecule has 4 rings (SSSR count). The Morgan fingerprint density at radius 2 is 1.90 bits per heavy atom. The number of benzene rings is 2. The van der Waals surface area contributed by atoms with Crippen LogP contribution in [0.2, 0.25) is 0 Å². The van der Waals surface area contributed by atoms with Gasteiger partial charge in [0.1, 0.15) is 17.8 Å². The molecule has 1 fully saturated rings. The molecule has 1 saturated heterocycles. The molecule has 0 bridgehead atoms. The molecule has 1 atom stereocenters. The monoisotopic (exact) mass is 407 g/mol. The van der Waals surface area contributed by atoms with E-state index in [2.05, 4.69) is 5.32 Å². The standard InChI is InChI=1S/C23H25N3O4/c1-15-11-12-18(30-3)20-17(15)10-7-13-25(20)19(27)14-26-21(28)23(2,24-22(26)29)16-8-5-4-6-9-16/h4-6,8-9,11-12H,7,10,13-14H2,1-3H3,(H,24,29). The van der Waals surface area contributed by atoms with Crippen molar-refractivity contribution >= 4 is 23.5 Å². The van der Waals surface area contributed by atoms with Gasteiger partial charge in [-0.25, -0.2) is 4.79 Å². The normalized spacial score (nSPS) is 20.8. The van der Waals surface area contributed by atoms with Gasteiger partial charge in [-0.3, -0.25) is 14.5 Å². The van der Waals surface area contributed by atoms with Crippen LogP contribution in [0.5, 0.6) is 5.75 Å². The van der Waals surface area contributed by atoms with Crippen LogP contribution in [0.4, 0.5) is 10.5 Å². The lowest BCUT2D eigenvalue weighted by Gasteiger charge is -2.32. The van der Waals surface area contributed by atoms with Crippen LogP contribution in [0.3, 0.4) is 0 Å². The highest BCUT2D eigenvalue weighted by molar-refractivity contribution is 6.10. The number of carbonyl (C=O) groups is 3. The van der Waals surface area contributed by atoms with Gasteiger partial charge in [-0.15, -0.1) is 0 Å². The molecule has 0 saturated carbocycles. The second-order valence-corrected chi connectivity index (χ2v) is 7.87. The van der Waals surface area contributed by atoms with Crippen LogP contribution < -0.4 is 15.0 Å². The highest BCUT2D eigenvalue weighted by Gasteiger charge is 2.49. The number of anilines is 1. The van der Waals surface area contributed by atoms with Crippen molar-refractivity contribution in [3.05, 3.63) is 59.2 Å². The van der Waals surface area contributed by atoms with Gasteiger partial charge in [0.25, 0.3) is 5.91 Å². The fourth-order valence-corrected chi connectivity index (χ4v) is 4.30. The van der Waals surface area contributed by atoms with Gasteiger partial charge >= 0.3 is 6.03 Å². The summed E-state index contributed by atoms with van der Waals surface area (Å²) in [4.78, 5) is 41.6. The van der Waals surface area contributed by atoms with Gasteiger partial charge in [-0.2, -0.15) is 0 Å². The Morgan fingerprint density at radius 1 is 1.17 bits per heavy atom.